The quantitative estimate of drug-likeness (QED) is 0.230. The maximum atomic E-state index is 14.0. The van der Waals surface area contributed by atoms with Crippen LogP contribution in [0.25, 0.3) is 10.2 Å². The highest BCUT2D eigenvalue weighted by Crippen LogP contribution is 2.40. The summed E-state index contributed by atoms with van der Waals surface area (Å²) in [6.07, 6.45) is 7.47. The van der Waals surface area contributed by atoms with Gasteiger partial charge in [-0.2, -0.15) is 0 Å². The van der Waals surface area contributed by atoms with Crippen LogP contribution in [0.15, 0.2) is 40.8 Å². The zero-order chi connectivity index (χ0) is 23.5. The number of benzene rings is 1. The average molecular weight is 500 g/mol. The highest BCUT2D eigenvalue weighted by molar-refractivity contribution is 7.99. The second-order valence-electron chi connectivity index (χ2n) is 8.32. The van der Waals surface area contributed by atoms with E-state index in [1.165, 1.54) is 47.5 Å². The summed E-state index contributed by atoms with van der Waals surface area (Å²) >= 11 is 3.27. The fourth-order valence-corrected chi connectivity index (χ4v) is 6.69. The van der Waals surface area contributed by atoms with Gasteiger partial charge in [0.1, 0.15) is 22.8 Å². The van der Waals surface area contributed by atoms with Crippen molar-refractivity contribution in [2.75, 3.05) is 13.7 Å². The Hall–Kier alpha value is -2.56. The van der Waals surface area contributed by atoms with Gasteiger partial charge in [-0.3, -0.25) is 4.57 Å². The van der Waals surface area contributed by atoms with E-state index >= 15 is 0 Å². The lowest BCUT2D eigenvalue weighted by Crippen LogP contribution is -2.16. The van der Waals surface area contributed by atoms with E-state index < -0.39 is 5.82 Å². The smallest absolute Gasteiger partial charge is 0.197 e. The van der Waals surface area contributed by atoms with Gasteiger partial charge in [-0.25, -0.2) is 14.4 Å². The number of ether oxygens (including phenoxy) is 2. The van der Waals surface area contributed by atoms with Gasteiger partial charge < -0.3 is 9.47 Å². The van der Waals surface area contributed by atoms with Crippen LogP contribution in [0.3, 0.4) is 0 Å². The third kappa shape index (κ3) is 4.67. The molecule has 0 saturated heterocycles. The first-order valence-corrected chi connectivity index (χ1v) is 13.0. The van der Waals surface area contributed by atoms with E-state index in [1.807, 2.05) is 11.5 Å². The van der Waals surface area contributed by atoms with Crippen molar-refractivity contribution in [1.82, 2.24) is 24.7 Å². The van der Waals surface area contributed by atoms with Gasteiger partial charge in [0.25, 0.3) is 0 Å². The number of hydrogen-bond donors (Lipinski definition) is 0. The van der Waals surface area contributed by atoms with Crippen LogP contribution in [-0.4, -0.2) is 38.4 Å². The third-order valence-corrected chi connectivity index (χ3v) is 8.10. The zero-order valence-electron chi connectivity index (χ0n) is 19.2. The molecule has 178 valence electrons. The standard InChI is InChI=1S/C24H26FN5O2S2/c1-15(12-31-2)30-20(13-32-18-10-7-6-9-17(18)25)28-29-24(30)34-23-21-16-8-4-3-5-11-19(16)33-22(21)26-14-27-23/h6-7,9-10,14-15H,3-5,8,11-13H2,1-2H3/t15-/m1/s1. The Morgan fingerprint density at radius 1 is 1.15 bits per heavy atom. The van der Waals surface area contributed by atoms with Crippen molar-refractivity contribution in [3.63, 3.8) is 0 Å². The fourth-order valence-electron chi connectivity index (χ4n) is 4.34. The summed E-state index contributed by atoms with van der Waals surface area (Å²) in [6.45, 7) is 2.61. The van der Waals surface area contributed by atoms with E-state index in [2.05, 4.69) is 20.2 Å². The predicted octanol–water partition coefficient (Wildman–Crippen LogP) is 5.63. The molecular formula is C24H26FN5O2S2. The number of nitrogens with zero attached hydrogens (tertiary/aromatic N) is 5. The monoisotopic (exact) mass is 499 g/mol. The Labute approximate surface area is 205 Å². The van der Waals surface area contributed by atoms with Gasteiger partial charge in [0.05, 0.1) is 12.6 Å². The van der Waals surface area contributed by atoms with Gasteiger partial charge in [0, 0.05) is 17.4 Å². The molecule has 1 aliphatic carbocycles. The van der Waals surface area contributed by atoms with Crippen LogP contribution in [-0.2, 0) is 24.2 Å². The number of aromatic nitrogens is 5. The second kappa shape index (κ2) is 10.4. The molecule has 1 aromatic carbocycles. The van der Waals surface area contributed by atoms with Crippen molar-refractivity contribution < 1.29 is 13.9 Å². The average Bonchev–Trinajstić information content (AvgIpc) is 3.32. The molecule has 0 bridgehead atoms. The summed E-state index contributed by atoms with van der Waals surface area (Å²) < 4.78 is 27.2. The van der Waals surface area contributed by atoms with Crippen molar-refractivity contribution in [2.45, 2.75) is 61.9 Å². The molecule has 0 saturated carbocycles. The number of aryl methyl sites for hydroxylation is 2. The summed E-state index contributed by atoms with van der Waals surface area (Å²) in [5.74, 6) is 0.378. The summed E-state index contributed by atoms with van der Waals surface area (Å²) in [7, 11) is 1.66. The molecule has 7 nitrogen and oxygen atoms in total. The Morgan fingerprint density at radius 3 is 2.85 bits per heavy atom. The van der Waals surface area contributed by atoms with E-state index in [1.54, 1.807) is 43.0 Å². The van der Waals surface area contributed by atoms with Gasteiger partial charge in [-0.1, -0.05) is 18.6 Å². The molecule has 0 aliphatic heterocycles. The van der Waals surface area contributed by atoms with Gasteiger partial charge in [0.15, 0.2) is 22.5 Å². The number of rotatable bonds is 8. The molecular weight excluding hydrogens is 473 g/mol. The molecule has 4 aromatic rings. The molecule has 5 rings (SSSR count). The molecule has 10 heteroatoms. The first kappa shape index (κ1) is 23.2. The number of thiophene rings is 1. The minimum absolute atomic E-state index is 0.0429. The van der Waals surface area contributed by atoms with Crippen LogP contribution in [0.2, 0.25) is 0 Å². The number of para-hydroxylation sites is 1. The number of fused-ring (bicyclic) bond motifs is 3. The van der Waals surface area contributed by atoms with Gasteiger partial charge >= 0.3 is 0 Å². The molecule has 0 radical (unpaired) electrons. The first-order valence-electron chi connectivity index (χ1n) is 11.4. The van der Waals surface area contributed by atoms with E-state index in [-0.39, 0.29) is 18.4 Å². The summed E-state index contributed by atoms with van der Waals surface area (Å²) in [5, 5.41) is 11.6. The van der Waals surface area contributed by atoms with Crippen molar-refractivity contribution in [3.8, 4) is 5.75 Å². The van der Waals surface area contributed by atoms with E-state index in [0.717, 1.165) is 28.1 Å². The number of halogens is 1. The predicted molar refractivity (Wildman–Crippen MR) is 130 cm³/mol. The second-order valence-corrected chi connectivity index (χ2v) is 10.4. The summed E-state index contributed by atoms with van der Waals surface area (Å²) in [6, 6.07) is 6.30. The fraction of sp³-hybridized carbons (Fsp3) is 0.417. The van der Waals surface area contributed by atoms with Crippen LogP contribution in [0, 0.1) is 5.82 Å². The SMILES string of the molecule is COC[C@@H](C)n1c(COc2ccccc2F)nnc1Sc1ncnc2sc3c(c12)CCCCC3. The molecule has 3 aromatic heterocycles. The van der Waals surface area contributed by atoms with Gasteiger partial charge in [0.2, 0.25) is 0 Å². The van der Waals surface area contributed by atoms with E-state index in [0.29, 0.717) is 17.6 Å². The van der Waals surface area contributed by atoms with Crippen LogP contribution < -0.4 is 4.74 Å². The zero-order valence-corrected chi connectivity index (χ0v) is 20.8. The molecule has 1 atom stereocenters. The molecule has 1 aliphatic rings. The Morgan fingerprint density at radius 2 is 2.00 bits per heavy atom. The summed E-state index contributed by atoms with van der Waals surface area (Å²) in [4.78, 5) is 11.7. The van der Waals surface area contributed by atoms with Crippen LogP contribution in [0.4, 0.5) is 4.39 Å². The number of hydrogen-bond acceptors (Lipinski definition) is 8. The lowest BCUT2D eigenvalue weighted by atomic mass is 10.1. The van der Waals surface area contributed by atoms with Gasteiger partial charge in [-0.15, -0.1) is 21.5 Å². The van der Waals surface area contributed by atoms with Crippen LogP contribution in [0.5, 0.6) is 5.75 Å². The van der Waals surface area contributed by atoms with E-state index in [9.17, 15) is 4.39 Å². The topological polar surface area (TPSA) is 75.0 Å². The minimum Gasteiger partial charge on any atom is -0.483 e. The number of methoxy groups -OCH3 is 1. The normalized spacial score (nSPS) is 14.7. The molecule has 0 amide bonds. The molecule has 0 fully saturated rings. The Kier molecular flexibility index (Phi) is 7.07. The lowest BCUT2D eigenvalue weighted by molar-refractivity contribution is 0.154. The molecule has 3 heterocycles. The van der Waals surface area contributed by atoms with Gasteiger partial charge in [-0.05, 0) is 62.1 Å². The van der Waals surface area contributed by atoms with Crippen LogP contribution >= 0.6 is 23.1 Å². The van der Waals surface area contributed by atoms with E-state index in [4.69, 9.17) is 9.47 Å². The van der Waals surface area contributed by atoms with Crippen LogP contribution in [0.1, 0.15) is 48.5 Å². The Bertz CT molecular complexity index is 1290. The minimum atomic E-state index is -0.408. The third-order valence-electron chi connectivity index (χ3n) is 5.93. The Balaban J connectivity index is 1.48. The molecule has 0 unspecified atom stereocenters. The first-order chi connectivity index (χ1) is 16.7. The largest absolute Gasteiger partial charge is 0.483 e. The summed E-state index contributed by atoms with van der Waals surface area (Å²) in [5.41, 5.74) is 1.39. The lowest BCUT2D eigenvalue weighted by Gasteiger charge is -2.17. The van der Waals surface area contributed by atoms with Crippen molar-refractivity contribution in [3.05, 3.63) is 52.7 Å². The highest BCUT2D eigenvalue weighted by Gasteiger charge is 2.24. The highest BCUT2D eigenvalue weighted by atomic mass is 32.2. The molecule has 0 spiro atoms. The molecule has 0 N–H and O–H groups in total. The maximum Gasteiger partial charge on any atom is 0.197 e. The van der Waals surface area contributed by atoms with Crippen molar-refractivity contribution >= 4 is 33.3 Å². The molecule has 34 heavy (non-hydrogen) atoms. The van der Waals surface area contributed by atoms with Crippen molar-refractivity contribution in [1.29, 1.82) is 0 Å². The van der Waals surface area contributed by atoms with Crippen molar-refractivity contribution in [2.24, 2.45) is 0 Å². The maximum absolute atomic E-state index is 14.0.